The van der Waals surface area contributed by atoms with Gasteiger partial charge in [-0.3, -0.25) is 0 Å². The lowest BCUT2D eigenvalue weighted by atomic mass is 10.2. The van der Waals surface area contributed by atoms with E-state index in [-0.39, 0.29) is 12.6 Å². The summed E-state index contributed by atoms with van der Waals surface area (Å²) in [5.41, 5.74) is 2.43. The van der Waals surface area contributed by atoms with Crippen LogP contribution in [0.4, 0.5) is 10.5 Å². The summed E-state index contributed by atoms with van der Waals surface area (Å²) in [6.07, 6.45) is -0.707. The van der Waals surface area contributed by atoms with Crippen LogP contribution in [0.1, 0.15) is 17.2 Å². The normalized spacial score (nSPS) is 11.8. The second-order valence-electron chi connectivity index (χ2n) is 4.61. The van der Waals surface area contributed by atoms with Crippen molar-refractivity contribution in [2.24, 2.45) is 0 Å². The van der Waals surface area contributed by atoms with Crippen molar-refractivity contribution in [2.75, 3.05) is 19.0 Å². The number of ether oxygens (including phenoxy) is 1. The number of rotatable bonds is 5. The molecular weight excluding hydrogens is 288 g/mol. The minimum absolute atomic E-state index is 0.150. The number of anilines is 1. The van der Waals surface area contributed by atoms with Gasteiger partial charge < -0.3 is 20.5 Å². The first-order chi connectivity index (χ1) is 10.1. The van der Waals surface area contributed by atoms with E-state index in [1.165, 1.54) is 11.3 Å². The van der Waals surface area contributed by atoms with Gasteiger partial charge in [-0.05, 0) is 47.0 Å². The largest absolute Gasteiger partial charge is 0.495 e. The zero-order valence-corrected chi connectivity index (χ0v) is 12.7. The molecule has 5 nitrogen and oxygen atoms in total. The molecule has 6 heteroatoms. The number of methoxy groups -OCH3 is 1. The van der Waals surface area contributed by atoms with Gasteiger partial charge in [0.25, 0.3) is 0 Å². The fourth-order valence-corrected chi connectivity index (χ4v) is 2.55. The van der Waals surface area contributed by atoms with Crippen LogP contribution in [0.3, 0.4) is 0 Å². The average molecular weight is 306 g/mol. The molecule has 0 radical (unpaired) electrons. The number of aliphatic hydroxyl groups excluding tert-OH is 1. The summed E-state index contributed by atoms with van der Waals surface area (Å²) in [6, 6.07) is 6.96. The van der Waals surface area contributed by atoms with Crippen LogP contribution in [0.2, 0.25) is 0 Å². The second kappa shape index (κ2) is 7.10. The Hall–Kier alpha value is -2.05. The Kier molecular flexibility index (Phi) is 5.19. The van der Waals surface area contributed by atoms with Gasteiger partial charge in [-0.25, -0.2) is 4.79 Å². The Morgan fingerprint density at radius 1 is 1.43 bits per heavy atom. The average Bonchev–Trinajstić information content (AvgIpc) is 3.01. The summed E-state index contributed by atoms with van der Waals surface area (Å²) in [5.74, 6) is 0.600. The minimum Gasteiger partial charge on any atom is -0.495 e. The molecule has 1 unspecified atom stereocenters. The van der Waals surface area contributed by atoms with E-state index in [0.717, 1.165) is 11.1 Å². The fraction of sp³-hybridized carbons (Fsp3) is 0.267. The minimum atomic E-state index is -0.707. The van der Waals surface area contributed by atoms with E-state index in [4.69, 9.17) is 4.74 Å². The molecule has 2 aromatic rings. The predicted octanol–water partition coefficient (Wildman–Crippen LogP) is 2.92. The molecule has 1 atom stereocenters. The van der Waals surface area contributed by atoms with Crippen molar-refractivity contribution >= 4 is 23.1 Å². The molecule has 0 saturated heterocycles. The zero-order chi connectivity index (χ0) is 15.2. The number of thiophene rings is 1. The van der Waals surface area contributed by atoms with E-state index >= 15 is 0 Å². The van der Waals surface area contributed by atoms with Crippen molar-refractivity contribution in [3.05, 3.63) is 46.2 Å². The highest BCUT2D eigenvalue weighted by molar-refractivity contribution is 7.07. The first-order valence-corrected chi connectivity index (χ1v) is 7.44. The lowest BCUT2D eigenvalue weighted by Gasteiger charge is -2.13. The van der Waals surface area contributed by atoms with Crippen LogP contribution >= 0.6 is 11.3 Å². The van der Waals surface area contributed by atoms with E-state index < -0.39 is 6.10 Å². The highest BCUT2D eigenvalue weighted by atomic mass is 32.1. The number of carbonyl (C=O) groups is 1. The Bertz CT molecular complexity index is 599. The molecule has 2 rings (SSSR count). The topological polar surface area (TPSA) is 70.6 Å². The van der Waals surface area contributed by atoms with Crippen LogP contribution < -0.4 is 15.4 Å². The third-order valence-electron chi connectivity index (χ3n) is 2.99. The molecule has 2 amide bonds. The van der Waals surface area contributed by atoms with Gasteiger partial charge in [0, 0.05) is 6.54 Å². The Morgan fingerprint density at radius 2 is 2.24 bits per heavy atom. The summed E-state index contributed by atoms with van der Waals surface area (Å²) in [5, 5.41) is 19.0. The lowest BCUT2D eigenvalue weighted by Crippen LogP contribution is -2.32. The molecule has 3 N–H and O–H groups in total. The van der Waals surface area contributed by atoms with Crippen LogP contribution in [0.25, 0.3) is 0 Å². The first kappa shape index (κ1) is 15.3. The van der Waals surface area contributed by atoms with Crippen molar-refractivity contribution in [1.29, 1.82) is 0 Å². The number of benzene rings is 1. The van der Waals surface area contributed by atoms with Gasteiger partial charge in [0.2, 0.25) is 0 Å². The maximum atomic E-state index is 11.9. The molecular formula is C15H18N2O3S. The van der Waals surface area contributed by atoms with Crippen molar-refractivity contribution in [2.45, 2.75) is 13.0 Å². The summed E-state index contributed by atoms with van der Waals surface area (Å²) in [7, 11) is 1.55. The van der Waals surface area contributed by atoms with Crippen LogP contribution in [-0.4, -0.2) is 24.8 Å². The van der Waals surface area contributed by atoms with E-state index in [2.05, 4.69) is 10.6 Å². The lowest BCUT2D eigenvalue weighted by molar-refractivity contribution is 0.175. The maximum Gasteiger partial charge on any atom is 0.319 e. The summed E-state index contributed by atoms with van der Waals surface area (Å²) in [6.45, 7) is 2.10. The molecule has 0 bridgehead atoms. The second-order valence-corrected chi connectivity index (χ2v) is 5.39. The van der Waals surface area contributed by atoms with E-state index in [9.17, 15) is 9.90 Å². The van der Waals surface area contributed by atoms with Gasteiger partial charge in [0.05, 0.1) is 18.9 Å². The van der Waals surface area contributed by atoms with Crippen molar-refractivity contribution in [1.82, 2.24) is 5.32 Å². The fourth-order valence-electron chi connectivity index (χ4n) is 1.84. The van der Waals surface area contributed by atoms with E-state index in [0.29, 0.717) is 11.4 Å². The number of carbonyl (C=O) groups excluding carboxylic acids is 1. The van der Waals surface area contributed by atoms with E-state index in [1.807, 2.05) is 35.9 Å². The van der Waals surface area contributed by atoms with Gasteiger partial charge in [-0.1, -0.05) is 6.07 Å². The van der Waals surface area contributed by atoms with Crippen LogP contribution in [0.15, 0.2) is 35.0 Å². The quantitative estimate of drug-likeness (QED) is 0.795. The number of aliphatic hydroxyl groups is 1. The number of amides is 2. The molecule has 21 heavy (non-hydrogen) atoms. The molecule has 0 fully saturated rings. The van der Waals surface area contributed by atoms with Crippen molar-refractivity contribution in [3.63, 3.8) is 0 Å². The van der Waals surface area contributed by atoms with Crippen LogP contribution in [0, 0.1) is 6.92 Å². The third-order valence-corrected chi connectivity index (χ3v) is 3.69. The van der Waals surface area contributed by atoms with Gasteiger partial charge in [-0.15, -0.1) is 0 Å². The summed E-state index contributed by atoms with van der Waals surface area (Å²) >= 11 is 1.51. The summed E-state index contributed by atoms with van der Waals surface area (Å²) in [4.78, 5) is 11.9. The standard InChI is InChI=1S/C15H18N2O3S/c1-10-3-4-12(14(7-10)20-2)17-15(19)16-8-13(18)11-5-6-21-9-11/h3-7,9,13,18H,8H2,1-2H3,(H2,16,17,19). The highest BCUT2D eigenvalue weighted by Gasteiger charge is 2.11. The maximum absolute atomic E-state index is 11.9. The number of hydrogen-bond donors (Lipinski definition) is 3. The molecule has 0 saturated carbocycles. The molecule has 0 spiro atoms. The SMILES string of the molecule is COc1cc(C)ccc1NC(=O)NCC(O)c1ccsc1. The Balaban J connectivity index is 1.90. The zero-order valence-electron chi connectivity index (χ0n) is 11.9. The van der Waals surface area contributed by atoms with E-state index in [1.54, 1.807) is 13.2 Å². The smallest absolute Gasteiger partial charge is 0.319 e. The predicted molar refractivity (Wildman–Crippen MR) is 84.0 cm³/mol. The number of aryl methyl sites for hydroxylation is 1. The molecule has 0 aliphatic carbocycles. The molecule has 0 aliphatic rings. The molecule has 1 aromatic carbocycles. The highest BCUT2D eigenvalue weighted by Crippen LogP contribution is 2.25. The van der Waals surface area contributed by atoms with Gasteiger partial charge in [0.1, 0.15) is 5.75 Å². The first-order valence-electron chi connectivity index (χ1n) is 6.50. The van der Waals surface area contributed by atoms with Crippen LogP contribution in [-0.2, 0) is 0 Å². The molecule has 1 aromatic heterocycles. The number of nitrogens with one attached hydrogen (secondary N) is 2. The molecule has 0 aliphatic heterocycles. The monoisotopic (exact) mass is 306 g/mol. The van der Waals surface area contributed by atoms with Crippen LogP contribution in [0.5, 0.6) is 5.75 Å². The number of urea groups is 1. The van der Waals surface area contributed by atoms with Crippen molar-refractivity contribution in [3.8, 4) is 5.75 Å². The van der Waals surface area contributed by atoms with Crippen molar-refractivity contribution < 1.29 is 14.6 Å². The Morgan fingerprint density at radius 3 is 2.90 bits per heavy atom. The summed E-state index contributed by atoms with van der Waals surface area (Å²) < 4.78 is 5.22. The molecule has 1 heterocycles. The Labute approximate surface area is 127 Å². The van der Waals surface area contributed by atoms with Gasteiger partial charge in [-0.2, -0.15) is 11.3 Å². The third kappa shape index (κ3) is 4.21. The number of hydrogen-bond acceptors (Lipinski definition) is 4. The molecule has 112 valence electrons. The van der Waals surface area contributed by atoms with Gasteiger partial charge >= 0.3 is 6.03 Å². The van der Waals surface area contributed by atoms with Gasteiger partial charge in [0.15, 0.2) is 0 Å².